The standard InChI is InChI=1S/C6H11BrN2O/c1-4(7)3-9-6(10)5(2)8/h5H,1,3,8H2,2H3,(H,9,10)/t5-/m0/s1. The summed E-state index contributed by atoms with van der Waals surface area (Å²) in [5.74, 6) is -0.166. The molecule has 0 unspecified atom stereocenters. The summed E-state index contributed by atoms with van der Waals surface area (Å²) in [5, 5.41) is 2.57. The van der Waals surface area contributed by atoms with E-state index >= 15 is 0 Å². The first-order chi connectivity index (χ1) is 4.54. The number of halogens is 1. The number of nitrogens with two attached hydrogens (primary N) is 1. The lowest BCUT2D eigenvalue weighted by Crippen LogP contribution is -2.38. The van der Waals surface area contributed by atoms with Crippen molar-refractivity contribution in [3.8, 4) is 0 Å². The van der Waals surface area contributed by atoms with Crippen LogP contribution < -0.4 is 11.1 Å². The summed E-state index contributed by atoms with van der Waals surface area (Å²) < 4.78 is 0.738. The Bertz CT molecular complexity index is 145. The van der Waals surface area contributed by atoms with Crippen LogP contribution in [0.3, 0.4) is 0 Å². The van der Waals surface area contributed by atoms with Gasteiger partial charge in [-0.3, -0.25) is 4.79 Å². The average Bonchev–Trinajstić information content (AvgIpc) is 1.82. The number of hydrogen-bond donors (Lipinski definition) is 2. The Hall–Kier alpha value is -0.350. The lowest BCUT2D eigenvalue weighted by molar-refractivity contribution is -0.121. The molecule has 0 aromatic heterocycles. The van der Waals surface area contributed by atoms with Crippen LogP contribution in [-0.2, 0) is 4.79 Å². The summed E-state index contributed by atoms with van der Waals surface area (Å²) in [4.78, 5) is 10.7. The molecule has 10 heavy (non-hydrogen) atoms. The normalized spacial score (nSPS) is 12.3. The van der Waals surface area contributed by atoms with Crippen molar-refractivity contribution >= 4 is 21.8 Å². The van der Waals surface area contributed by atoms with E-state index in [9.17, 15) is 4.79 Å². The van der Waals surface area contributed by atoms with Crippen molar-refractivity contribution in [2.45, 2.75) is 13.0 Å². The largest absolute Gasteiger partial charge is 0.350 e. The molecule has 0 bridgehead atoms. The minimum absolute atomic E-state index is 0.166. The lowest BCUT2D eigenvalue weighted by atomic mass is 10.3. The molecule has 0 heterocycles. The summed E-state index contributed by atoms with van der Waals surface area (Å²) in [6.07, 6.45) is 0. The molecule has 0 aromatic rings. The van der Waals surface area contributed by atoms with E-state index in [1.54, 1.807) is 6.92 Å². The van der Waals surface area contributed by atoms with Gasteiger partial charge in [0, 0.05) is 11.0 Å². The summed E-state index contributed by atoms with van der Waals surface area (Å²) >= 11 is 3.10. The highest BCUT2D eigenvalue weighted by atomic mass is 79.9. The summed E-state index contributed by atoms with van der Waals surface area (Å²) in [5.41, 5.74) is 5.27. The van der Waals surface area contributed by atoms with Gasteiger partial charge in [0.05, 0.1) is 6.04 Å². The van der Waals surface area contributed by atoms with Gasteiger partial charge in [-0.25, -0.2) is 0 Å². The van der Waals surface area contributed by atoms with Gasteiger partial charge in [0.1, 0.15) is 0 Å². The van der Waals surface area contributed by atoms with Gasteiger partial charge in [-0.2, -0.15) is 0 Å². The Morgan fingerprint density at radius 1 is 1.90 bits per heavy atom. The van der Waals surface area contributed by atoms with Crippen LogP contribution in [0.2, 0.25) is 0 Å². The molecule has 58 valence electrons. The van der Waals surface area contributed by atoms with Crippen LogP contribution in [-0.4, -0.2) is 18.5 Å². The van der Waals surface area contributed by atoms with Crippen LogP contribution in [0.5, 0.6) is 0 Å². The summed E-state index contributed by atoms with van der Waals surface area (Å²) in [6.45, 7) is 5.61. The number of carbonyl (C=O) groups is 1. The molecule has 0 aliphatic rings. The maximum absolute atomic E-state index is 10.7. The second kappa shape index (κ2) is 4.46. The minimum atomic E-state index is -0.452. The van der Waals surface area contributed by atoms with Crippen molar-refractivity contribution in [2.24, 2.45) is 5.73 Å². The molecule has 0 fully saturated rings. The molecule has 0 saturated heterocycles. The molecule has 3 N–H and O–H groups in total. The van der Waals surface area contributed by atoms with Crippen molar-refractivity contribution < 1.29 is 4.79 Å². The van der Waals surface area contributed by atoms with Crippen molar-refractivity contribution in [1.29, 1.82) is 0 Å². The summed E-state index contributed by atoms with van der Waals surface area (Å²) in [6, 6.07) is -0.452. The molecule has 0 aliphatic heterocycles. The van der Waals surface area contributed by atoms with Gasteiger partial charge in [0.15, 0.2) is 0 Å². The Morgan fingerprint density at radius 3 is 2.70 bits per heavy atom. The molecular weight excluding hydrogens is 196 g/mol. The van der Waals surface area contributed by atoms with E-state index < -0.39 is 6.04 Å². The maximum atomic E-state index is 10.7. The molecule has 0 saturated carbocycles. The second-order valence-electron chi connectivity index (χ2n) is 2.02. The minimum Gasteiger partial charge on any atom is -0.350 e. The zero-order valence-corrected chi connectivity index (χ0v) is 7.44. The molecule has 0 spiro atoms. The molecule has 1 atom stereocenters. The molecule has 0 radical (unpaired) electrons. The fraction of sp³-hybridized carbons (Fsp3) is 0.500. The van der Waals surface area contributed by atoms with Crippen LogP contribution in [0.15, 0.2) is 11.1 Å². The van der Waals surface area contributed by atoms with Gasteiger partial charge in [-0.05, 0) is 6.92 Å². The van der Waals surface area contributed by atoms with E-state index in [0.717, 1.165) is 4.48 Å². The van der Waals surface area contributed by atoms with Gasteiger partial charge in [-0.1, -0.05) is 22.5 Å². The Balaban J connectivity index is 3.50. The topological polar surface area (TPSA) is 55.1 Å². The number of rotatable bonds is 3. The molecule has 4 heteroatoms. The second-order valence-corrected chi connectivity index (χ2v) is 3.15. The van der Waals surface area contributed by atoms with E-state index in [1.165, 1.54) is 0 Å². The van der Waals surface area contributed by atoms with Crippen molar-refractivity contribution in [3.63, 3.8) is 0 Å². The van der Waals surface area contributed by atoms with E-state index in [0.29, 0.717) is 6.54 Å². The molecule has 0 aromatic carbocycles. The fourth-order valence-electron chi connectivity index (χ4n) is 0.344. The van der Waals surface area contributed by atoms with Crippen LogP contribution in [0, 0.1) is 0 Å². The molecule has 3 nitrogen and oxygen atoms in total. The monoisotopic (exact) mass is 206 g/mol. The van der Waals surface area contributed by atoms with E-state index in [2.05, 4.69) is 27.8 Å². The third-order valence-electron chi connectivity index (χ3n) is 0.868. The van der Waals surface area contributed by atoms with E-state index in [4.69, 9.17) is 5.73 Å². The van der Waals surface area contributed by atoms with Gasteiger partial charge in [0.25, 0.3) is 0 Å². The van der Waals surface area contributed by atoms with Gasteiger partial charge < -0.3 is 11.1 Å². The van der Waals surface area contributed by atoms with Crippen LogP contribution in [0.1, 0.15) is 6.92 Å². The van der Waals surface area contributed by atoms with E-state index in [-0.39, 0.29) is 5.91 Å². The predicted octanol–water partition coefficient (Wildman–Crippen LogP) is 0.358. The van der Waals surface area contributed by atoms with Crippen molar-refractivity contribution in [3.05, 3.63) is 11.1 Å². The zero-order chi connectivity index (χ0) is 8.15. The van der Waals surface area contributed by atoms with Gasteiger partial charge in [0.2, 0.25) is 5.91 Å². The SMILES string of the molecule is C=C(Br)CNC(=O)[C@H](C)N. The van der Waals surface area contributed by atoms with Crippen molar-refractivity contribution in [2.75, 3.05) is 6.54 Å². The number of nitrogens with one attached hydrogen (secondary N) is 1. The number of amides is 1. The van der Waals surface area contributed by atoms with E-state index in [1.807, 2.05) is 0 Å². The maximum Gasteiger partial charge on any atom is 0.236 e. The number of carbonyl (C=O) groups excluding carboxylic acids is 1. The first-order valence-electron chi connectivity index (χ1n) is 2.90. The zero-order valence-electron chi connectivity index (χ0n) is 5.86. The third kappa shape index (κ3) is 4.52. The van der Waals surface area contributed by atoms with Gasteiger partial charge in [-0.15, -0.1) is 0 Å². The first kappa shape index (κ1) is 9.65. The average molecular weight is 207 g/mol. The molecule has 0 aliphatic carbocycles. The molecule has 1 amide bonds. The molecular formula is C6H11BrN2O. The highest BCUT2D eigenvalue weighted by Crippen LogP contribution is 1.96. The Labute approximate surface area is 68.8 Å². The van der Waals surface area contributed by atoms with Crippen LogP contribution in [0.4, 0.5) is 0 Å². The Kier molecular flexibility index (Phi) is 4.31. The van der Waals surface area contributed by atoms with Crippen molar-refractivity contribution in [1.82, 2.24) is 5.32 Å². The Morgan fingerprint density at radius 2 is 2.40 bits per heavy atom. The quantitative estimate of drug-likeness (QED) is 0.701. The lowest BCUT2D eigenvalue weighted by Gasteiger charge is -2.05. The number of hydrogen-bond acceptors (Lipinski definition) is 2. The third-order valence-corrected chi connectivity index (χ3v) is 1.15. The van der Waals surface area contributed by atoms with Crippen LogP contribution >= 0.6 is 15.9 Å². The summed E-state index contributed by atoms with van der Waals surface area (Å²) in [7, 11) is 0. The first-order valence-corrected chi connectivity index (χ1v) is 3.70. The van der Waals surface area contributed by atoms with Crippen LogP contribution in [0.25, 0.3) is 0 Å². The van der Waals surface area contributed by atoms with Gasteiger partial charge >= 0.3 is 0 Å². The molecule has 0 rings (SSSR count). The highest BCUT2D eigenvalue weighted by Gasteiger charge is 2.04. The predicted molar refractivity (Wildman–Crippen MR) is 44.7 cm³/mol. The smallest absolute Gasteiger partial charge is 0.236 e. The fourth-order valence-corrected chi connectivity index (χ4v) is 0.484. The highest BCUT2D eigenvalue weighted by molar-refractivity contribution is 9.11.